The highest BCUT2D eigenvalue weighted by Crippen LogP contribution is 2.32. The van der Waals surface area contributed by atoms with E-state index in [1.165, 1.54) is 25.7 Å². The first-order valence-corrected chi connectivity index (χ1v) is 46.0. The molecule has 11 amide bonds. The molecule has 5 saturated heterocycles. The summed E-state index contributed by atoms with van der Waals surface area (Å²) in [6, 6.07) is -3.82. The zero-order valence-corrected chi connectivity index (χ0v) is 74.7. The van der Waals surface area contributed by atoms with Crippen LogP contribution in [0.4, 0.5) is 0 Å². The molecule has 5 fully saturated rings. The van der Waals surface area contributed by atoms with Crippen molar-refractivity contribution >= 4 is 73.2 Å². The van der Waals surface area contributed by atoms with E-state index >= 15 is 0 Å². The summed E-state index contributed by atoms with van der Waals surface area (Å²) in [7, 11) is -3.18. The lowest BCUT2D eigenvalue weighted by atomic mass is 9.90. The third-order valence-electron chi connectivity index (χ3n) is 22.0. The van der Waals surface area contributed by atoms with Gasteiger partial charge in [-0.15, -0.1) is 0 Å². The van der Waals surface area contributed by atoms with Crippen molar-refractivity contribution in [2.75, 3.05) is 125 Å². The maximum atomic E-state index is 13.6. The number of β-amino-alcohol motifs (C(OH)–C–C–N with tert-alkyl or cyclic N) is 1. The molecule has 5 aliphatic rings. The number of amides is 11. The van der Waals surface area contributed by atoms with E-state index in [0.717, 1.165) is 38.5 Å². The van der Waals surface area contributed by atoms with E-state index < -0.39 is 198 Å². The minimum Gasteiger partial charge on any atom is -0.394 e. The van der Waals surface area contributed by atoms with Crippen molar-refractivity contribution in [1.29, 1.82) is 0 Å². The van der Waals surface area contributed by atoms with E-state index in [4.69, 9.17) is 56.8 Å². The predicted molar refractivity (Wildman–Crippen MR) is 448 cm³/mol. The number of ether oxygens (including phenoxy) is 10. The highest BCUT2D eigenvalue weighted by atomic mass is 31.1. The van der Waals surface area contributed by atoms with Gasteiger partial charge >= 0.3 is 8.25 Å². The molecule has 738 valence electrons. The lowest BCUT2D eigenvalue weighted by Crippen LogP contribution is -2.64. The summed E-state index contributed by atoms with van der Waals surface area (Å²) in [6.07, 6.45) is -11.9. The van der Waals surface area contributed by atoms with Gasteiger partial charge in [-0.3, -0.25) is 57.3 Å². The average molecular weight is 1860 g/mol. The Hall–Kier alpha value is -6.52. The minimum atomic E-state index is -3.18. The van der Waals surface area contributed by atoms with Crippen LogP contribution in [0.1, 0.15) is 188 Å². The molecule has 5 aliphatic heterocycles. The number of hydrogen-bond acceptors (Lipinski definition) is 34. The Kier molecular flexibility index (Phi) is 55.6. The summed E-state index contributed by atoms with van der Waals surface area (Å²) in [5, 5.41) is 140. The van der Waals surface area contributed by atoms with Crippen LogP contribution in [-0.2, 0) is 109 Å². The molecule has 47 heteroatoms. The molecule has 0 saturated carbocycles. The smallest absolute Gasteiger partial charge is 0.316 e. The Labute approximate surface area is 746 Å². The molecule has 22 N–H and O–H groups in total. The van der Waals surface area contributed by atoms with Crippen LogP contribution in [0.25, 0.3) is 0 Å². The summed E-state index contributed by atoms with van der Waals surface area (Å²) in [4.78, 5) is 151. The van der Waals surface area contributed by atoms with Crippen molar-refractivity contribution in [3.05, 3.63) is 0 Å². The monoisotopic (exact) mass is 1860 g/mol. The first kappa shape index (κ1) is 112. The molecule has 5 heterocycles. The van der Waals surface area contributed by atoms with E-state index in [1.54, 1.807) is 0 Å². The first-order valence-electron chi connectivity index (χ1n) is 44.7. The number of nitrogens with one attached hydrogen (secondary N) is 10. The maximum absolute atomic E-state index is 13.6. The van der Waals surface area contributed by atoms with Crippen molar-refractivity contribution in [3.63, 3.8) is 0 Å². The Morgan fingerprint density at radius 1 is 0.367 bits per heavy atom. The zero-order valence-electron chi connectivity index (χ0n) is 73.7. The number of carbonyl (C=O) groups is 11. The molecule has 0 aromatic carbocycles. The Bertz CT molecular complexity index is 3300. The fourth-order valence-corrected chi connectivity index (χ4v) is 15.4. The van der Waals surface area contributed by atoms with Gasteiger partial charge in [0.15, 0.2) is 25.2 Å². The van der Waals surface area contributed by atoms with Crippen LogP contribution in [0.2, 0.25) is 0 Å². The van der Waals surface area contributed by atoms with Crippen LogP contribution in [0.3, 0.4) is 0 Å². The lowest BCUT2D eigenvalue weighted by Gasteiger charge is -2.44. The van der Waals surface area contributed by atoms with Crippen LogP contribution in [-0.4, -0.2) is 385 Å². The standard InChI is InChI=1S/C81H144N11O35P/c1-49(96)89-67-73(111)70(108)55(44-93)125-79(67)120-35-15-12-22-59(100)82-29-18-32-85-63(104)26-38-117-48-58-77(119-40-28-65(106)87-34-20-31-84-61(102)24-14-17-37-122-81-69(91-51(3)98)75(113)72(110)57(46-95)127-81)76(118-39-27-64(105)86-33-19-30-83-60(101)23-13-16-36-121-80-68(90-50(2)97)74(112)71(109)56(45-94)126-80)54(78(114)124-58)42-88-62(103)21-10-8-6-4-5-7-9-11-25-66(107)92-43-53(99)41-52(92)47-123-128(115)116/h52-58,67-81,93-95,99,108-114,128H,4-48H2,1-3H3,(H,82,100)(H,83,101)(H,84,102)(H,85,104)(H,86,105)(H,87,106)(H,88,103)(H,89,96)(H,90,97)(H,91,98)(H,115,116)/t52-,53+,54?,55+,56+,57+,58+,67+,68+,69+,70-,71-,72-,73+,74+,75+,76+,77+,78+,79+,80+,81+/m0/s1. The van der Waals surface area contributed by atoms with Gasteiger partial charge in [-0.1, -0.05) is 38.5 Å². The van der Waals surface area contributed by atoms with Crippen molar-refractivity contribution in [3.8, 4) is 0 Å². The summed E-state index contributed by atoms with van der Waals surface area (Å²) in [5.74, 6) is -5.20. The average Bonchev–Trinajstić information content (AvgIpc) is 1.83. The quantitative estimate of drug-likeness (QED) is 0.0199. The van der Waals surface area contributed by atoms with E-state index in [9.17, 15) is 113 Å². The number of likely N-dealkylation sites (tertiary alicyclic amines) is 1. The van der Waals surface area contributed by atoms with Gasteiger partial charge in [0.2, 0.25) is 65.0 Å². The molecule has 128 heavy (non-hydrogen) atoms. The molecule has 0 aliphatic carbocycles. The second-order valence-electron chi connectivity index (χ2n) is 32.5. The maximum Gasteiger partial charge on any atom is 0.316 e. The van der Waals surface area contributed by atoms with Gasteiger partial charge in [-0.05, 0) is 77.0 Å². The van der Waals surface area contributed by atoms with Crippen LogP contribution >= 0.6 is 8.25 Å². The minimum absolute atomic E-state index is 0.0514. The summed E-state index contributed by atoms with van der Waals surface area (Å²) in [6.45, 7) is 1.91. The van der Waals surface area contributed by atoms with E-state index in [1.807, 2.05) is 0 Å². The second-order valence-corrected chi connectivity index (χ2v) is 33.3. The Morgan fingerprint density at radius 2 is 0.703 bits per heavy atom. The van der Waals surface area contributed by atoms with Crippen molar-refractivity contribution in [2.45, 2.75) is 316 Å². The molecule has 2 unspecified atom stereocenters. The number of rotatable bonds is 65. The SMILES string of the molecule is CC(=O)N[C@H]1[C@H](OCCCCC(=O)NCCCNC(=O)CCOC[C@H]2O[C@@H](O)C(CNC(=O)CCCCCCCCCCC(=O)N3C[C@H](O)C[C@H]3CO[PH](=O)O)[C@@H](OCCC(=O)NCCCNC(=O)CCCCO[C@@H]3O[C@H](CO)[C@H](O)[C@H](O)[C@H]3NC(C)=O)[C@@H]2OCCC(=O)NCCCNC(=O)CCCCO[C@@H]2O[C@H](CO)[C@H](O)[C@H](O)[C@H]2NC(C)=O)O[C@H](CO)[C@H](O)[C@@H]1O. The molecular weight excluding hydrogens is 1720 g/mol. The number of hydrogen-bond donors (Lipinski definition) is 22. The fraction of sp³-hybridized carbons (Fsp3) is 0.864. The Morgan fingerprint density at radius 3 is 1.07 bits per heavy atom. The van der Waals surface area contributed by atoms with E-state index in [2.05, 4.69) is 53.2 Å². The summed E-state index contributed by atoms with van der Waals surface area (Å²) < 4.78 is 74.9. The molecule has 46 nitrogen and oxygen atoms in total. The predicted octanol–water partition coefficient (Wildman–Crippen LogP) is -6.09. The van der Waals surface area contributed by atoms with E-state index in [-0.39, 0.29) is 193 Å². The zero-order chi connectivity index (χ0) is 93.9. The highest BCUT2D eigenvalue weighted by molar-refractivity contribution is 7.32. The molecule has 0 spiro atoms. The van der Waals surface area contributed by atoms with Crippen LogP contribution in [0.5, 0.6) is 0 Å². The molecule has 0 aromatic rings. The highest BCUT2D eigenvalue weighted by Gasteiger charge is 2.50. The molecule has 0 aromatic heterocycles. The second kappa shape index (κ2) is 63.6. The van der Waals surface area contributed by atoms with Crippen molar-refractivity contribution < 1.29 is 170 Å². The van der Waals surface area contributed by atoms with Crippen molar-refractivity contribution in [2.24, 2.45) is 5.92 Å². The van der Waals surface area contributed by atoms with Gasteiger partial charge in [-0.25, -0.2) is 0 Å². The van der Waals surface area contributed by atoms with Crippen LogP contribution in [0, 0.1) is 5.92 Å². The first-order chi connectivity index (χ1) is 61.3. The third kappa shape index (κ3) is 43.0. The molecule has 0 radical (unpaired) electrons. The number of carbonyl (C=O) groups excluding carboxylic acids is 11. The topological polar surface area (TPSA) is 673 Å². The van der Waals surface area contributed by atoms with Crippen molar-refractivity contribution in [1.82, 2.24) is 58.1 Å². The largest absolute Gasteiger partial charge is 0.394 e. The fourth-order valence-electron chi connectivity index (χ4n) is 15.1. The molecular formula is C81H144N11O35P. The molecule has 5 rings (SSSR count). The lowest BCUT2D eigenvalue weighted by molar-refractivity contribution is -0.287. The van der Waals surface area contributed by atoms with Crippen LogP contribution in [0.15, 0.2) is 0 Å². The van der Waals surface area contributed by atoms with Gasteiger partial charge in [-0.2, -0.15) is 0 Å². The van der Waals surface area contributed by atoms with Gasteiger partial charge in [0.1, 0.15) is 85.3 Å². The number of aliphatic hydroxyl groups is 11. The Balaban J connectivity index is 1.14. The number of nitrogens with zero attached hydrogens (tertiary/aromatic N) is 1. The third-order valence-corrected chi connectivity index (χ3v) is 22.4. The van der Waals surface area contributed by atoms with Gasteiger partial charge in [0, 0.05) is 144 Å². The van der Waals surface area contributed by atoms with E-state index in [0.29, 0.717) is 70.6 Å². The van der Waals surface area contributed by atoms with Crippen LogP contribution < -0.4 is 53.2 Å². The number of aliphatic hydroxyl groups excluding tert-OH is 11. The van der Waals surface area contributed by atoms with Gasteiger partial charge < -0.3 is 171 Å². The summed E-state index contributed by atoms with van der Waals surface area (Å²) >= 11 is 0. The number of unbranched alkanes of at least 4 members (excludes halogenated alkanes) is 10. The summed E-state index contributed by atoms with van der Waals surface area (Å²) in [5.41, 5.74) is 0. The normalized spacial score (nSPS) is 27.8. The molecule has 23 atom stereocenters. The molecule has 0 bridgehead atoms. The van der Waals surface area contributed by atoms with Gasteiger partial charge in [0.05, 0.1) is 77.0 Å². The van der Waals surface area contributed by atoms with Gasteiger partial charge in [0.25, 0.3) is 0 Å².